The molecule has 0 amide bonds. The molecule has 106 valence electrons. The van der Waals surface area contributed by atoms with E-state index in [1.807, 2.05) is 0 Å². The second kappa shape index (κ2) is 6.27. The van der Waals surface area contributed by atoms with Gasteiger partial charge in [0.15, 0.2) is 10.9 Å². The number of esters is 1. The second-order valence-electron chi connectivity index (χ2n) is 3.77. The molecule has 0 saturated heterocycles. The van der Waals surface area contributed by atoms with Crippen LogP contribution < -0.4 is 5.32 Å². The lowest BCUT2D eigenvalue weighted by Crippen LogP contribution is -2.04. The number of ether oxygens (including phenoxy) is 1. The Hall–Kier alpha value is -1.54. The molecule has 4 nitrogen and oxygen atoms in total. The van der Waals surface area contributed by atoms with Crippen LogP contribution in [0, 0.1) is 11.6 Å². The highest BCUT2D eigenvalue weighted by atomic mass is 79.9. The van der Waals surface area contributed by atoms with E-state index in [0.717, 1.165) is 12.1 Å². The van der Waals surface area contributed by atoms with Crippen molar-refractivity contribution in [2.24, 2.45) is 0 Å². The van der Waals surface area contributed by atoms with Crippen LogP contribution in [0.15, 0.2) is 22.0 Å². The van der Waals surface area contributed by atoms with Crippen LogP contribution in [0.5, 0.6) is 0 Å². The summed E-state index contributed by atoms with van der Waals surface area (Å²) in [6, 6.07) is 1.92. The van der Waals surface area contributed by atoms with Gasteiger partial charge in [-0.1, -0.05) is 0 Å². The predicted molar refractivity (Wildman–Crippen MR) is 75.2 cm³/mol. The molecule has 0 spiro atoms. The van der Waals surface area contributed by atoms with Crippen molar-refractivity contribution in [2.45, 2.75) is 6.42 Å². The lowest BCUT2D eigenvalue weighted by molar-refractivity contribution is -0.139. The molecular formula is C12H9BrF2N2O2S. The number of thiazole rings is 1. The molecule has 1 aromatic carbocycles. The number of hydrogen-bond donors (Lipinski definition) is 1. The highest BCUT2D eigenvalue weighted by Gasteiger charge is 2.13. The standard InChI is InChI=1S/C12H9BrF2N2O2S/c1-19-10(18)4-7-5-20-12(16-7)17-11-8(13)2-6(14)3-9(11)15/h2-3,5H,4H2,1H3,(H,16,17). The van der Waals surface area contributed by atoms with Gasteiger partial charge < -0.3 is 10.1 Å². The molecule has 0 bridgehead atoms. The Morgan fingerprint density at radius 2 is 2.25 bits per heavy atom. The summed E-state index contributed by atoms with van der Waals surface area (Å²) in [6.45, 7) is 0. The van der Waals surface area contributed by atoms with E-state index >= 15 is 0 Å². The lowest BCUT2D eigenvalue weighted by Gasteiger charge is -2.07. The summed E-state index contributed by atoms with van der Waals surface area (Å²) in [6.07, 6.45) is 0.0434. The molecule has 0 radical (unpaired) electrons. The summed E-state index contributed by atoms with van der Waals surface area (Å²) in [5.41, 5.74) is 0.605. The predicted octanol–water partition coefficient (Wildman–Crippen LogP) is 3.64. The Balaban J connectivity index is 2.17. The van der Waals surface area contributed by atoms with Crippen molar-refractivity contribution in [3.05, 3.63) is 39.3 Å². The van der Waals surface area contributed by atoms with Gasteiger partial charge in [0.2, 0.25) is 0 Å². The van der Waals surface area contributed by atoms with E-state index in [-0.39, 0.29) is 16.6 Å². The van der Waals surface area contributed by atoms with Gasteiger partial charge in [0.25, 0.3) is 0 Å². The molecule has 1 aromatic heterocycles. The molecule has 2 rings (SSSR count). The molecule has 0 aliphatic rings. The van der Waals surface area contributed by atoms with Crippen LogP contribution in [-0.2, 0) is 16.0 Å². The van der Waals surface area contributed by atoms with Crippen LogP contribution in [0.2, 0.25) is 0 Å². The Kier molecular flexibility index (Phi) is 4.66. The first kappa shape index (κ1) is 14.9. The molecule has 1 N–H and O–H groups in total. The van der Waals surface area contributed by atoms with E-state index in [9.17, 15) is 13.6 Å². The van der Waals surface area contributed by atoms with Crippen molar-refractivity contribution in [1.29, 1.82) is 0 Å². The van der Waals surface area contributed by atoms with E-state index in [1.54, 1.807) is 5.38 Å². The van der Waals surface area contributed by atoms with Gasteiger partial charge in [-0.3, -0.25) is 4.79 Å². The molecule has 0 atom stereocenters. The monoisotopic (exact) mass is 362 g/mol. The molecular weight excluding hydrogens is 354 g/mol. The average molecular weight is 363 g/mol. The number of nitrogens with zero attached hydrogens (tertiary/aromatic N) is 1. The number of rotatable bonds is 4. The minimum atomic E-state index is -0.735. The highest BCUT2D eigenvalue weighted by molar-refractivity contribution is 9.10. The van der Waals surface area contributed by atoms with Gasteiger partial charge in [-0.15, -0.1) is 11.3 Å². The molecule has 2 aromatic rings. The summed E-state index contributed by atoms with van der Waals surface area (Å²) < 4.78 is 31.4. The third kappa shape index (κ3) is 3.51. The first-order chi connectivity index (χ1) is 9.49. The van der Waals surface area contributed by atoms with E-state index in [0.29, 0.717) is 10.8 Å². The Morgan fingerprint density at radius 1 is 1.50 bits per heavy atom. The maximum atomic E-state index is 13.6. The Morgan fingerprint density at radius 3 is 2.90 bits per heavy atom. The van der Waals surface area contributed by atoms with E-state index in [4.69, 9.17) is 0 Å². The first-order valence-corrected chi connectivity index (χ1v) is 7.09. The van der Waals surface area contributed by atoms with Crippen molar-refractivity contribution in [3.8, 4) is 0 Å². The van der Waals surface area contributed by atoms with Crippen molar-refractivity contribution in [2.75, 3.05) is 12.4 Å². The molecule has 1 heterocycles. The van der Waals surface area contributed by atoms with Crippen LogP contribution in [0.3, 0.4) is 0 Å². The van der Waals surface area contributed by atoms with Crippen LogP contribution in [0.1, 0.15) is 5.69 Å². The topological polar surface area (TPSA) is 51.2 Å². The first-order valence-electron chi connectivity index (χ1n) is 5.42. The molecule has 0 saturated carbocycles. The fourth-order valence-electron chi connectivity index (χ4n) is 1.43. The summed E-state index contributed by atoms with van der Waals surface area (Å²) >= 11 is 4.28. The number of anilines is 2. The van der Waals surface area contributed by atoms with Crippen molar-refractivity contribution in [1.82, 2.24) is 4.98 Å². The van der Waals surface area contributed by atoms with Crippen molar-refractivity contribution >= 4 is 44.1 Å². The third-order valence-corrected chi connectivity index (χ3v) is 3.78. The van der Waals surface area contributed by atoms with Crippen LogP contribution in [0.4, 0.5) is 19.6 Å². The van der Waals surface area contributed by atoms with Crippen LogP contribution in [-0.4, -0.2) is 18.1 Å². The molecule has 0 aliphatic carbocycles. The summed E-state index contributed by atoms with van der Waals surface area (Å²) in [4.78, 5) is 15.2. The number of nitrogens with one attached hydrogen (secondary N) is 1. The second-order valence-corrected chi connectivity index (χ2v) is 5.48. The normalized spacial score (nSPS) is 10.4. The largest absolute Gasteiger partial charge is 0.469 e. The number of methoxy groups -OCH3 is 1. The molecule has 0 fully saturated rings. The zero-order valence-corrected chi connectivity index (χ0v) is 12.6. The number of aromatic nitrogens is 1. The lowest BCUT2D eigenvalue weighted by atomic mass is 10.3. The minimum Gasteiger partial charge on any atom is -0.469 e. The maximum Gasteiger partial charge on any atom is 0.311 e. The fourth-order valence-corrected chi connectivity index (χ4v) is 2.66. The molecule has 20 heavy (non-hydrogen) atoms. The van der Waals surface area contributed by atoms with Crippen molar-refractivity contribution in [3.63, 3.8) is 0 Å². The third-order valence-electron chi connectivity index (χ3n) is 2.34. The van der Waals surface area contributed by atoms with Gasteiger partial charge in [0.1, 0.15) is 5.82 Å². The SMILES string of the molecule is COC(=O)Cc1csc(Nc2c(F)cc(F)cc2Br)n1. The molecule has 0 unspecified atom stereocenters. The van der Waals surface area contributed by atoms with E-state index < -0.39 is 17.6 Å². The Bertz CT molecular complexity index is 625. The number of carbonyl (C=O) groups excluding carboxylic acids is 1. The van der Waals surface area contributed by atoms with Gasteiger partial charge >= 0.3 is 5.97 Å². The zero-order chi connectivity index (χ0) is 14.7. The van der Waals surface area contributed by atoms with E-state index in [1.165, 1.54) is 18.4 Å². The smallest absolute Gasteiger partial charge is 0.311 e. The fraction of sp³-hybridized carbons (Fsp3) is 0.167. The quantitative estimate of drug-likeness (QED) is 0.843. The molecule has 8 heteroatoms. The van der Waals surface area contributed by atoms with Gasteiger partial charge in [-0.2, -0.15) is 0 Å². The number of benzene rings is 1. The number of carbonyl (C=O) groups is 1. The van der Waals surface area contributed by atoms with Crippen molar-refractivity contribution < 1.29 is 18.3 Å². The zero-order valence-electron chi connectivity index (χ0n) is 10.2. The highest BCUT2D eigenvalue weighted by Crippen LogP contribution is 2.31. The summed E-state index contributed by atoms with van der Waals surface area (Å²) in [5, 5.41) is 4.81. The number of hydrogen-bond acceptors (Lipinski definition) is 5. The summed E-state index contributed by atoms with van der Waals surface area (Å²) in [5.74, 6) is -1.82. The van der Waals surface area contributed by atoms with Gasteiger partial charge in [-0.05, 0) is 22.0 Å². The average Bonchev–Trinajstić information content (AvgIpc) is 2.81. The summed E-state index contributed by atoms with van der Waals surface area (Å²) in [7, 11) is 1.29. The number of halogens is 3. The van der Waals surface area contributed by atoms with Gasteiger partial charge in [-0.25, -0.2) is 13.8 Å². The Labute approximate surface area is 125 Å². The maximum absolute atomic E-state index is 13.6. The minimum absolute atomic E-state index is 0.0434. The molecule has 0 aliphatic heterocycles. The van der Waals surface area contributed by atoms with Gasteiger partial charge in [0, 0.05) is 15.9 Å². The van der Waals surface area contributed by atoms with Crippen LogP contribution >= 0.6 is 27.3 Å². The van der Waals surface area contributed by atoms with E-state index in [2.05, 4.69) is 31.0 Å². The van der Waals surface area contributed by atoms with Gasteiger partial charge in [0.05, 0.1) is 24.9 Å². The van der Waals surface area contributed by atoms with Crippen LogP contribution in [0.25, 0.3) is 0 Å².